The molecule has 1 aliphatic rings. The van der Waals surface area contributed by atoms with Crippen LogP contribution in [0, 0.1) is 0 Å². The Labute approximate surface area is 149 Å². The zero-order chi connectivity index (χ0) is 18.3. The largest absolute Gasteiger partial charge is 0.469 e. The van der Waals surface area contributed by atoms with E-state index >= 15 is 0 Å². The number of furan rings is 1. The van der Waals surface area contributed by atoms with Crippen molar-refractivity contribution in [1.82, 2.24) is 15.5 Å². The van der Waals surface area contributed by atoms with Crippen LogP contribution in [0.15, 0.2) is 27.8 Å². The van der Waals surface area contributed by atoms with Crippen LogP contribution in [0.1, 0.15) is 39.9 Å². The van der Waals surface area contributed by atoms with Crippen LogP contribution in [0.3, 0.4) is 0 Å². The monoisotopic (exact) mass is 350 g/mol. The number of likely N-dealkylation sites (tertiary alicyclic amines) is 1. The Morgan fingerprint density at radius 3 is 2.92 bits per heavy atom. The van der Waals surface area contributed by atoms with Crippen molar-refractivity contribution < 1.29 is 13.9 Å². The lowest BCUT2D eigenvalue weighted by Gasteiger charge is -2.23. The Morgan fingerprint density at radius 2 is 2.28 bits per heavy atom. The molecule has 2 rings (SSSR count). The minimum Gasteiger partial charge on any atom is -0.469 e. The normalized spacial score (nSPS) is 18.3. The Morgan fingerprint density at radius 1 is 1.48 bits per heavy atom. The Balaban J connectivity index is 1.84. The first-order valence-corrected chi connectivity index (χ1v) is 8.92. The number of hydrogen-bond acceptors (Lipinski definition) is 4. The third-order valence-corrected chi connectivity index (χ3v) is 3.74. The number of nitrogens with zero attached hydrogens (tertiary/aromatic N) is 2. The van der Waals surface area contributed by atoms with Crippen LogP contribution in [0.5, 0.6) is 0 Å². The Kier molecular flexibility index (Phi) is 6.73. The number of amides is 1. The summed E-state index contributed by atoms with van der Waals surface area (Å²) in [4.78, 5) is 18.8. The van der Waals surface area contributed by atoms with Gasteiger partial charge in [0, 0.05) is 32.6 Å². The summed E-state index contributed by atoms with van der Waals surface area (Å²) in [5, 5.41) is 6.26. The number of guanidine groups is 1. The van der Waals surface area contributed by atoms with E-state index in [1.165, 1.54) is 0 Å². The third kappa shape index (κ3) is 6.68. The van der Waals surface area contributed by atoms with Crippen molar-refractivity contribution in [3.63, 3.8) is 0 Å². The van der Waals surface area contributed by atoms with Gasteiger partial charge in [-0.25, -0.2) is 4.79 Å². The number of carbonyl (C=O) groups excluding carboxylic acids is 1. The molecule has 2 N–H and O–H groups in total. The lowest BCUT2D eigenvalue weighted by atomic mass is 10.2. The highest BCUT2D eigenvalue weighted by Crippen LogP contribution is 2.12. The van der Waals surface area contributed by atoms with Crippen molar-refractivity contribution in [1.29, 1.82) is 0 Å². The van der Waals surface area contributed by atoms with Gasteiger partial charge in [-0.1, -0.05) is 0 Å². The molecule has 1 amide bonds. The standard InChI is InChI=1S/C18H30N4O3/c1-5-19-16(20-10-8-15-7-6-12-24-15)22-11-9-14(13-22)21-17(23)25-18(2,3)4/h6-7,12,14H,5,8-11,13H2,1-4H3,(H,19,20)(H,21,23). The van der Waals surface area contributed by atoms with E-state index in [2.05, 4.69) is 27.4 Å². The molecule has 0 bridgehead atoms. The first-order chi connectivity index (χ1) is 11.9. The van der Waals surface area contributed by atoms with Crippen LogP contribution in [0.4, 0.5) is 4.79 Å². The van der Waals surface area contributed by atoms with Gasteiger partial charge in [0.2, 0.25) is 0 Å². The molecule has 1 unspecified atom stereocenters. The molecule has 0 radical (unpaired) electrons. The van der Waals surface area contributed by atoms with Gasteiger partial charge in [0.25, 0.3) is 0 Å². The average Bonchev–Trinajstić information content (AvgIpc) is 3.16. The van der Waals surface area contributed by atoms with Gasteiger partial charge in [-0.2, -0.15) is 0 Å². The Bertz CT molecular complexity index is 563. The summed E-state index contributed by atoms with van der Waals surface area (Å²) in [5.41, 5.74) is -0.482. The van der Waals surface area contributed by atoms with Crippen LogP contribution in [0.25, 0.3) is 0 Å². The van der Waals surface area contributed by atoms with Gasteiger partial charge in [-0.05, 0) is 46.2 Å². The molecule has 1 fully saturated rings. The molecule has 0 aromatic carbocycles. The van der Waals surface area contributed by atoms with Gasteiger partial charge in [0.1, 0.15) is 11.4 Å². The second-order valence-corrected chi connectivity index (χ2v) is 7.14. The molecule has 0 aliphatic carbocycles. The molecule has 1 atom stereocenters. The Hall–Kier alpha value is -2.18. The van der Waals surface area contributed by atoms with Crippen LogP contribution >= 0.6 is 0 Å². The van der Waals surface area contributed by atoms with Crippen LogP contribution in [-0.4, -0.2) is 54.8 Å². The number of alkyl carbamates (subject to hydrolysis) is 1. The van der Waals surface area contributed by atoms with Gasteiger partial charge in [-0.3, -0.25) is 4.99 Å². The lowest BCUT2D eigenvalue weighted by Crippen LogP contribution is -2.44. The molecule has 1 aromatic rings. The first kappa shape index (κ1) is 19.1. The molecular weight excluding hydrogens is 320 g/mol. The number of nitrogens with one attached hydrogen (secondary N) is 2. The summed E-state index contributed by atoms with van der Waals surface area (Å²) in [7, 11) is 0. The minimum atomic E-state index is -0.482. The van der Waals surface area contributed by atoms with Crippen molar-refractivity contribution in [2.24, 2.45) is 4.99 Å². The van der Waals surface area contributed by atoms with Gasteiger partial charge >= 0.3 is 6.09 Å². The smallest absolute Gasteiger partial charge is 0.407 e. The molecule has 1 saturated heterocycles. The maximum Gasteiger partial charge on any atom is 0.407 e. The highest BCUT2D eigenvalue weighted by molar-refractivity contribution is 5.80. The molecular formula is C18H30N4O3. The van der Waals surface area contributed by atoms with E-state index in [4.69, 9.17) is 9.15 Å². The number of carbonyl (C=O) groups is 1. The second-order valence-electron chi connectivity index (χ2n) is 7.14. The van der Waals surface area contributed by atoms with E-state index in [1.807, 2.05) is 32.9 Å². The van der Waals surface area contributed by atoms with E-state index in [9.17, 15) is 4.79 Å². The van der Waals surface area contributed by atoms with Crippen LogP contribution in [0.2, 0.25) is 0 Å². The highest BCUT2D eigenvalue weighted by Gasteiger charge is 2.27. The quantitative estimate of drug-likeness (QED) is 0.630. The molecule has 7 nitrogen and oxygen atoms in total. The van der Waals surface area contributed by atoms with E-state index in [0.29, 0.717) is 6.54 Å². The second kappa shape index (κ2) is 8.78. The first-order valence-electron chi connectivity index (χ1n) is 8.92. The molecule has 25 heavy (non-hydrogen) atoms. The minimum absolute atomic E-state index is 0.0729. The number of rotatable bonds is 5. The maximum atomic E-state index is 11.9. The molecule has 2 heterocycles. The van der Waals surface area contributed by atoms with Crippen molar-refractivity contribution >= 4 is 12.1 Å². The summed E-state index contributed by atoms with van der Waals surface area (Å²) in [6.07, 6.45) is 2.97. The molecule has 7 heteroatoms. The third-order valence-electron chi connectivity index (χ3n) is 3.74. The summed E-state index contributed by atoms with van der Waals surface area (Å²) < 4.78 is 10.7. The van der Waals surface area contributed by atoms with Crippen molar-refractivity contribution in [2.75, 3.05) is 26.2 Å². The van der Waals surface area contributed by atoms with E-state index < -0.39 is 5.60 Å². The van der Waals surface area contributed by atoms with E-state index in [0.717, 1.165) is 44.2 Å². The fourth-order valence-electron chi connectivity index (χ4n) is 2.70. The number of aliphatic imine (C=N–C) groups is 1. The zero-order valence-electron chi connectivity index (χ0n) is 15.7. The fraction of sp³-hybridized carbons (Fsp3) is 0.667. The highest BCUT2D eigenvalue weighted by atomic mass is 16.6. The van der Waals surface area contributed by atoms with Gasteiger partial charge in [-0.15, -0.1) is 0 Å². The molecule has 0 spiro atoms. The zero-order valence-corrected chi connectivity index (χ0v) is 15.7. The number of ether oxygens (including phenoxy) is 1. The predicted octanol–water partition coefficient (Wildman–Crippen LogP) is 2.39. The lowest BCUT2D eigenvalue weighted by molar-refractivity contribution is 0.0507. The topological polar surface area (TPSA) is 79.1 Å². The fourth-order valence-corrected chi connectivity index (χ4v) is 2.70. The van der Waals surface area contributed by atoms with Crippen molar-refractivity contribution in [3.05, 3.63) is 24.2 Å². The summed E-state index contributed by atoms with van der Waals surface area (Å²) in [6, 6.07) is 3.92. The van der Waals surface area contributed by atoms with Crippen molar-refractivity contribution in [3.8, 4) is 0 Å². The molecule has 1 aromatic heterocycles. The SMILES string of the molecule is CCNC(=NCCc1ccco1)N1CCC(NC(=O)OC(C)(C)C)C1. The summed E-state index contributed by atoms with van der Waals surface area (Å²) in [5.74, 6) is 1.81. The van der Waals surface area contributed by atoms with E-state index in [-0.39, 0.29) is 12.1 Å². The molecule has 140 valence electrons. The summed E-state index contributed by atoms with van der Waals surface area (Å²) >= 11 is 0. The maximum absolute atomic E-state index is 11.9. The number of hydrogen-bond donors (Lipinski definition) is 2. The molecule has 0 saturated carbocycles. The van der Waals surface area contributed by atoms with Crippen molar-refractivity contribution in [2.45, 2.75) is 52.2 Å². The van der Waals surface area contributed by atoms with Gasteiger partial charge in [0.15, 0.2) is 5.96 Å². The van der Waals surface area contributed by atoms with Gasteiger partial charge in [0.05, 0.1) is 12.3 Å². The van der Waals surface area contributed by atoms with Crippen LogP contribution in [-0.2, 0) is 11.2 Å². The predicted molar refractivity (Wildman–Crippen MR) is 97.7 cm³/mol. The average molecular weight is 350 g/mol. The molecule has 1 aliphatic heterocycles. The van der Waals surface area contributed by atoms with Gasteiger partial charge < -0.3 is 24.7 Å². The van der Waals surface area contributed by atoms with E-state index in [1.54, 1.807) is 6.26 Å². The van der Waals surface area contributed by atoms with Crippen LogP contribution < -0.4 is 10.6 Å². The summed E-state index contributed by atoms with van der Waals surface area (Å²) in [6.45, 7) is 10.7.